The molecule has 0 atom stereocenters. The van der Waals surface area contributed by atoms with Crippen molar-refractivity contribution in [2.24, 2.45) is 0 Å². The average molecular weight is 252 g/mol. The summed E-state index contributed by atoms with van der Waals surface area (Å²) in [7, 11) is 0. The van der Waals surface area contributed by atoms with Crippen LogP contribution in [0.5, 0.6) is 5.75 Å². The van der Waals surface area contributed by atoms with Crippen LogP contribution in [0.1, 0.15) is 0 Å². The minimum Gasteiger partial charge on any atom is -0.497 e. The molecule has 17 heavy (non-hydrogen) atoms. The van der Waals surface area contributed by atoms with Crippen LogP contribution in [0, 0.1) is 30.3 Å². The number of phenolic OH excluding ortho intramolecular Hbond substituents is 1. The fourth-order valence-corrected chi connectivity index (χ4v) is 0.974. The van der Waals surface area contributed by atoms with Crippen molar-refractivity contribution >= 4 is 46.6 Å². The van der Waals surface area contributed by atoms with E-state index in [1.807, 2.05) is 0 Å². The molecule has 0 unspecified atom stereocenters. The van der Waals surface area contributed by atoms with Crippen molar-refractivity contribution in [3.05, 3.63) is 42.5 Å². The molecule has 10 nitrogen and oxygen atoms in total. The van der Waals surface area contributed by atoms with E-state index in [0.717, 1.165) is 0 Å². The van der Waals surface area contributed by atoms with Crippen LogP contribution in [-0.2, 0) is 0 Å². The zero-order valence-electron chi connectivity index (χ0n) is 8.39. The van der Waals surface area contributed by atoms with E-state index in [-0.39, 0.29) is 29.6 Å². The number of phenols is 1. The van der Waals surface area contributed by atoms with Gasteiger partial charge in [0, 0.05) is 29.6 Å². The van der Waals surface area contributed by atoms with Crippen molar-refractivity contribution in [2.45, 2.75) is 0 Å². The van der Waals surface area contributed by atoms with Crippen molar-refractivity contribution in [3.8, 4) is 5.75 Å². The van der Waals surface area contributed by atoms with Crippen molar-refractivity contribution < 1.29 is 19.9 Å². The fourth-order valence-electron chi connectivity index (χ4n) is 0.974. The number of benzene rings is 1. The SMILES string of the molecule is O=[N+]([O-])c1cc([N+](=O)[O-])c(O)c([N+](=O)[O-])c1.[Na]. The molecule has 1 radical (unpaired) electrons. The molecule has 0 amide bonds. The molecule has 0 bridgehead atoms. The van der Waals surface area contributed by atoms with Gasteiger partial charge in [-0.15, -0.1) is 0 Å². The molecule has 11 heteroatoms. The van der Waals surface area contributed by atoms with Gasteiger partial charge in [-0.05, 0) is 0 Å². The summed E-state index contributed by atoms with van der Waals surface area (Å²) in [5, 5.41) is 40.2. The molecule has 0 fully saturated rings. The van der Waals surface area contributed by atoms with Gasteiger partial charge in [0.15, 0.2) is 0 Å². The molecule has 0 aliphatic heterocycles. The van der Waals surface area contributed by atoms with E-state index in [1.54, 1.807) is 0 Å². The van der Waals surface area contributed by atoms with Crippen molar-refractivity contribution in [1.82, 2.24) is 0 Å². The van der Waals surface area contributed by atoms with Gasteiger partial charge in [0.25, 0.3) is 11.4 Å². The molecule has 0 aliphatic carbocycles. The Kier molecular flexibility index (Phi) is 4.94. The number of nitro benzene ring substituents is 3. The second-order valence-corrected chi connectivity index (χ2v) is 2.60. The van der Waals surface area contributed by atoms with Crippen LogP contribution in [0.3, 0.4) is 0 Å². The third-order valence-corrected chi connectivity index (χ3v) is 1.66. The van der Waals surface area contributed by atoms with Crippen LogP contribution >= 0.6 is 0 Å². The first-order valence-electron chi connectivity index (χ1n) is 3.64. The second kappa shape index (κ2) is 5.52. The predicted octanol–water partition coefficient (Wildman–Crippen LogP) is 0.736. The summed E-state index contributed by atoms with van der Waals surface area (Å²) in [6.45, 7) is 0. The van der Waals surface area contributed by atoms with Crippen molar-refractivity contribution in [3.63, 3.8) is 0 Å². The monoisotopic (exact) mass is 252 g/mol. The number of nitrogens with zero attached hydrogens (tertiary/aromatic N) is 3. The molecule has 1 N–H and O–H groups in total. The standard InChI is InChI=1S/C6H3N3O7.Na/c10-6-4(8(13)14)1-3(7(11)12)2-5(6)9(15)16;/h1-2,10H;. The number of aromatic hydroxyl groups is 1. The molecule has 0 saturated heterocycles. The number of nitro groups is 3. The molecule has 1 aromatic carbocycles. The minimum absolute atomic E-state index is 0. The van der Waals surface area contributed by atoms with E-state index in [1.165, 1.54) is 0 Å². The molecule has 0 heterocycles. The summed E-state index contributed by atoms with van der Waals surface area (Å²) in [5.74, 6) is -1.21. The van der Waals surface area contributed by atoms with Gasteiger partial charge < -0.3 is 5.11 Å². The van der Waals surface area contributed by atoms with Gasteiger partial charge in [0.05, 0.1) is 26.9 Å². The summed E-state index contributed by atoms with van der Waals surface area (Å²) < 4.78 is 0. The zero-order chi connectivity index (χ0) is 12.5. The van der Waals surface area contributed by atoms with Crippen LogP contribution in [0.25, 0.3) is 0 Å². The third kappa shape index (κ3) is 3.09. The normalized spacial score (nSPS) is 9.18. The van der Waals surface area contributed by atoms with Crippen LogP contribution in [-0.4, -0.2) is 49.4 Å². The van der Waals surface area contributed by atoms with Crippen LogP contribution < -0.4 is 0 Å². The molecule has 0 spiro atoms. The van der Waals surface area contributed by atoms with Crippen LogP contribution in [0.15, 0.2) is 12.1 Å². The Morgan fingerprint density at radius 3 is 1.47 bits per heavy atom. The average Bonchev–Trinajstić information content (AvgIpc) is 2.16. The van der Waals surface area contributed by atoms with Gasteiger partial charge in [-0.2, -0.15) is 0 Å². The van der Waals surface area contributed by atoms with E-state index >= 15 is 0 Å². The molecule has 0 aliphatic rings. The summed E-state index contributed by atoms with van der Waals surface area (Å²) in [6.07, 6.45) is 0. The fraction of sp³-hybridized carbons (Fsp3) is 0. The maximum absolute atomic E-state index is 10.4. The van der Waals surface area contributed by atoms with Crippen LogP contribution in [0.2, 0.25) is 0 Å². The Labute approximate surface area is 115 Å². The molecule has 1 aromatic rings. The Morgan fingerprint density at radius 1 is 0.882 bits per heavy atom. The van der Waals surface area contributed by atoms with E-state index < -0.39 is 37.6 Å². The van der Waals surface area contributed by atoms with Gasteiger partial charge in [-0.1, -0.05) is 0 Å². The van der Waals surface area contributed by atoms with E-state index in [4.69, 9.17) is 5.11 Å². The summed E-state index contributed by atoms with van der Waals surface area (Å²) >= 11 is 0. The third-order valence-electron chi connectivity index (χ3n) is 1.66. The van der Waals surface area contributed by atoms with E-state index in [9.17, 15) is 30.3 Å². The molecule has 0 saturated carbocycles. The number of rotatable bonds is 3. The first-order chi connectivity index (χ1) is 7.34. The maximum Gasteiger partial charge on any atom is 0.324 e. The van der Waals surface area contributed by atoms with Gasteiger partial charge in [0.1, 0.15) is 0 Å². The van der Waals surface area contributed by atoms with Gasteiger partial charge in [-0.3, -0.25) is 30.3 Å². The predicted molar refractivity (Wildman–Crippen MR) is 53.8 cm³/mol. The Bertz CT molecular complexity index is 467. The second-order valence-electron chi connectivity index (χ2n) is 2.60. The van der Waals surface area contributed by atoms with Crippen molar-refractivity contribution in [1.29, 1.82) is 0 Å². The quantitative estimate of drug-likeness (QED) is 0.473. The summed E-state index contributed by atoms with van der Waals surface area (Å²) in [5.41, 5.74) is -3.00. The van der Waals surface area contributed by atoms with E-state index in [2.05, 4.69) is 0 Å². The Morgan fingerprint density at radius 2 is 1.24 bits per heavy atom. The zero-order valence-corrected chi connectivity index (χ0v) is 10.4. The molecule has 0 aromatic heterocycles. The molecular formula is C6H3N3NaO7. The van der Waals surface area contributed by atoms with Crippen LogP contribution in [0.4, 0.5) is 17.1 Å². The number of hydrogen-bond acceptors (Lipinski definition) is 7. The Hall–Kier alpha value is -1.78. The minimum atomic E-state index is -1.21. The molecular weight excluding hydrogens is 249 g/mol. The first-order valence-corrected chi connectivity index (χ1v) is 3.64. The summed E-state index contributed by atoms with van der Waals surface area (Å²) in [6, 6.07) is 0.894. The maximum atomic E-state index is 10.4. The Balaban J connectivity index is 0.00000256. The smallest absolute Gasteiger partial charge is 0.324 e. The summed E-state index contributed by atoms with van der Waals surface area (Å²) in [4.78, 5) is 27.8. The number of non-ortho nitro benzene ring substituents is 1. The number of hydrogen-bond donors (Lipinski definition) is 1. The largest absolute Gasteiger partial charge is 0.497 e. The van der Waals surface area contributed by atoms with Gasteiger partial charge in [-0.25, -0.2) is 0 Å². The van der Waals surface area contributed by atoms with Crippen molar-refractivity contribution in [2.75, 3.05) is 0 Å². The topological polar surface area (TPSA) is 150 Å². The first kappa shape index (κ1) is 15.2. The van der Waals surface area contributed by atoms with Gasteiger partial charge >= 0.3 is 11.4 Å². The molecule has 1 rings (SSSR count). The van der Waals surface area contributed by atoms with Gasteiger partial charge in [0.2, 0.25) is 0 Å². The molecule has 85 valence electrons. The van der Waals surface area contributed by atoms with E-state index in [0.29, 0.717) is 12.1 Å².